The first-order valence-corrected chi connectivity index (χ1v) is 9.07. The highest BCUT2D eigenvalue weighted by atomic mass is 16.5. The Kier molecular flexibility index (Phi) is 5.71. The van der Waals surface area contributed by atoms with E-state index in [-0.39, 0.29) is 6.04 Å². The van der Waals surface area contributed by atoms with Gasteiger partial charge in [0, 0.05) is 24.1 Å². The van der Waals surface area contributed by atoms with Gasteiger partial charge >= 0.3 is 0 Å². The van der Waals surface area contributed by atoms with Crippen LogP contribution in [-0.4, -0.2) is 37.9 Å². The molecule has 0 saturated carbocycles. The largest absolute Gasteiger partial charge is 0.493 e. The molecule has 0 N–H and O–H groups in total. The van der Waals surface area contributed by atoms with Crippen LogP contribution in [0.15, 0.2) is 22.7 Å². The molecule has 0 bridgehead atoms. The van der Waals surface area contributed by atoms with Crippen LogP contribution in [0.5, 0.6) is 17.2 Å². The van der Waals surface area contributed by atoms with E-state index in [1.807, 2.05) is 12.1 Å². The lowest BCUT2D eigenvalue weighted by Gasteiger charge is -2.24. The standard InChI is InChI=1S/C20H28N2O4/c1-13(2)18-11-15(21-26-18)16-7-6-10-22(16)12-14-8-9-17(23-3)20(25-5)19(14)24-4/h8-9,11,13,16H,6-7,10,12H2,1-5H3/t16-/m0/s1. The fraction of sp³-hybridized carbons (Fsp3) is 0.550. The van der Waals surface area contributed by atoms with Crippen molar-refractivity contribution in [2.75, 3.05) is 27.9 Å². The van der Waals surface area contributed by atoms with Gasteiger partial charge in [0.25, 0.3) is 0 Å². The molecule has 0 radical (unpaired) electrons. The lowest BCUT2D eigenvalue weighted by Crippen LogP contribution is -2.23. The summed E-state index contributed by atoms with van der Waals surface area (Å²) in [5, 5.41) is 4.32. The molecule has 1 atom stereocenters. The molecule has 6 heteroatoms. The second kappa shape index (κ2) is 7.99. The second-order valence-corrected chi connectivity index (χ2v) is 6.93. The maximum Gasteiger partial charge on any atom is 0.203 e. The molecule has 26 heavy (non-hydrogen) atoms. The molecule has 1 aromatic carbocycles. The zero-order valence-electron chi connectivity index (χ0n) is 16.2. The smallest absolute Gasteiger partial charge is 0.203 e. The SMILES string of the molecule is COc1ccc(CN2CCC[C@H]2c2cc(C(C)C)on2)c(OC)c1OC. The number of hydrogen-bond acceptors (Lipinski definition) is 6. The van der Waals surface area contributed by atoms with Gasteiger partial charge in [0.1, 0.15) is 11.5 Å². The summed E-state index contributed by atoms with van der Waals surface area (Å²) < 4.78 is 22.0. The Morgan fingerprint density at radius 2 is 1.92 bits per heavy atom. The Labute approximate surface area is 155 Å². The van der Waals surface area contributed by atoms with Crippen LogP contribution in [0.25, 0.3) is 0 Å². The zero-order valence-corrected chi connectivity index (χ0v) is 16.2. The summed E-state index contributed by atoms with van der Waals surface area (Å²) in [6.45, 7) is 6.01. The van der Waals surface area contributed by atoms with E-state index in [4.69, 9.17) is 18.7 Å². The number of benzene rings is 1. The van der Waals surface area contributed by atoms with Gasteiger partial charge in [-0.3, -0.25) is 4.90 Å². The number of hydrogen-bond donors (Lipinski definition) is 0. The molecule has 1 aliphatic rings. The average molecular weight is 360 g/mol. The number of ether oxygens (including phenoxy) is 3. The second-order valence-electron chi connectivity index (χ2n) is 6.93. The lowest BCUT2D eigenvalue weighted by molar-refractivity contribution is 0.231. The Morgan fingerprint density at radius 1 is 1.15 bits per heavy atom. The molecule has 0 amide bonds. The molecule has 2 aromatic rings. The Balaban J connectivity index is 1.85. The van der Waals surface area contributed by atoms with E-state index < -0.39 is 0 Å². The maximum absolute atomic E-state index is 5.63. The van der Waals surface area contributed by atoms with Gasteiger partial charge < -0.3 is 18.7 Å². The van der Waals surface area contributed by atoms with Gasteiger partial charge in [-0.2, -0.15) is 0 Å². The fourth-order valence-electron chi connectivity index (χ4n) is 3.59. The van der Waals surface area contributed by atoms with Crippen molar-refractivity contribution in [2.24, 2.45) is 0 Å². The maximum atomic E-state index is 5.63. The van der Waals surface area contributed by atoms with Crippen LogP contribution in [0.4, 0.5) is 0 Å². The van der Waals surface area contributed by atoms with Crippen LogP contribution >= 0.6 is 0 Å². The van der Waals surface area contributed by atoms with Gasteiger partial charge in [-0.1, -0.05) is 25.1 Å². The van der Waals surface area contributed by atoms with Crippen molar-refractivity contribution >= 4 is 0 Å². The van der Waals surface area contributed by atoms with Crippen molar-refractivity contribution in [3.8, 4) is 17.2 Å². The highest BCUT2D eigenvalue weighted by Crippen LogP contribution is 2.42. The summed E-state index contributed by atoms with van der Waals surface area (Å²) in [5.74, 6) is 3.31. The van der Waals surface area contributed by atoms with E-state index in [1.54, 1.807) is 21.3 Å². The molecule has 3 rings (SSSR count). The third-order valence-corrected chi connectivity index (χ3v) is 4.98. The number of likely N-dealkylation sites (tertiary alicyclic amines) is 1. The van der Waals surface area contributed by atoms with E-state index in [9.17, 15) is 0 Å². The number of methoxy groups -OCH3 is 3. The van der Waals surface area contributed by atoms with Crippen molar-refractivity contribution < 1.29 is 18.7 Å². The van der Waals surface area contributed by atoms with Crippen molar-refractivity contribution in [1.82, 2.24) is 10.1 Å². The van der Waals surface area contributed by atoms with E-state index in [1.165, 1.54) is 0 Å². The minimum Gasteiger partial charge on any atom is -0.493 e. The molecule has 6 nitrogen and oxygen atoms in total. The molecule has 1 aliphatic heterocycles. The van der Waals surface area contributed by atoms with Crippen LogP contribution in [-0.2, 0) is 6.54 Å². The summed E-state index contributed by atoms with van der Waals surface area (Å²) in [6, 6.07) is 6.33. The predicted octanol–water partition coefficient (Wildman–Crippen LogP) is 4.16. The highest BCUT2D eigenvalue weighted by Gasteiger charge is 2.30. The van der Waals surface area contributed by atoms with E-state index in [0.717, 1.165) is 48.7 Å². The minimum absolute atomic E-state index is 0.268. The normalized spacial score (nSPS) is 17.7. The first-order chi connectivity index (χ1) is 12.6. The van der Waals surface area contributed by atoms with Crippen molar-refractivity contribution in [3.63, 3.8) is 0 Å². The third-order valence-electron chi connectivity index (χ3n) is 4.98. The average Bonchev–Trinajstić information content (AvgIpc) is 3.30. The Hall–Kier alpha value is -2.21. The van der Waals surface area contributed by atoms with Crippen molar-refractivity contribution in [3.05, 3.63) is 35.2 Å². The molecule has 1 saturated heterocycles. The van der Waals surface area contributed by atoms with E-state index >= 15 is 0 Å². The molecular weight excluding hydrogens is 332 g/mol. The topological polar surface area (TPSA) is 57.0 Å². The molecule has 2 heterocycles. The number of rotatable bonds is 7. The summed E-state index contributed by atoms with van der Waals surface area (Å²) in [4.78, 5) is 2.42. The fourth-order valence-corrected chi connectivity index (χ4v) is 3.59. The van der Waals surface area contributed by atoms with Crippen LogP contribution in [0.3, 0.4) is 0 Å². The molecule has 1 aromatic heterocycles. The van der Waals surface area contributed by atoms with Crippen LogP contribution in [0, 0.1) is 0 Å². The first kappa shape index (κ1) is 18.6. The van der Waals surface area contributed by atoms with Gasteiger partial charge in [-0.05, 0) is 25.5 Å². The predicted molar refractivity (Wildman–Crippen MR) is 99.1 cm³/mol. The number of nitrogens with zero attached hydrogens (tertiary/aromatic N) is 2. The molecular formula is C20H28N2O4. The van der Waals surface area contributed by atoms with Gasteiger partial charge in [0.2, 0.25) is 5.75 Å². The van der Waals surface area contributed by atoms with Gasteiger partial charge in [-0.25, -0.2) is 0 Å². The zero-order chi connectivity index (χ0) is 18.7. The van der Waals surface area contributed by atoms with Crippen molar-refractivity contribution in [1.29, 1.82) is 0 Å². The summed E-state index contributed by atoms with van der Waals surface area (Å²) >= 11 is 0. The van der Waals surface area contributed by atoms with Gasteiger partial charge in [0.15, 0.2) is 11.5 Å². The third kappa shape index (κ3) is 3.51. The van der Waals surface area contributed by atoms with E-state index in [2.05, 4.69) is 30.0 Å². The minimum atomic E-state index is 0.268. The molecule has 142 valence electrons. The lowest BCUT2D eigenvalue weighted by atomic mass is 10.1. The van der Waals surface area contributed by atoms with Crippen LogP contribution < -0.4 is 14.2 Å². The molecule has 0 spiro atoms. The monoisotopic (exact) mass is 360 g/mol. The highest BCUT2D eigenvalue weighted by molar-refractivity contribution is 5.55. The van der Waals surface area contributed by atoms with Gasteiger partial charge in [0.05, 0.1) is 27.4 Å². The first-order valence-electron chi connectivity index (χ1n) is 9.07. The summed E-state index contributed by atoms with van der Waals surface area (Å²) in [5.41, 5.74) is 2.09. The van der Waals surface area contributed by atoms with Crippen LogP contribution in [0.1, 0.15) is 55.7 Å². The van der Waals surface area contributed by atoms with Gasteiger partial charge in [-0.15, -0.1) is 0 Å². The summed E-state index contributed by atoms with van der Waals surface area (Å²) in [7, 11) is 4.92. The molecule has 0 unspecified atom stereocenters. The molecule has 0 aliphatic carbocycles. The molecule has 1 fully saturated rings. The van der Waals surface area contributed by atoms with Crippen molar-refractivity contribution in [2.45, 2.75) is 45.2 Å². The number of aromatic nitrogens is 1. The Bertz CT molecular complexity index is 741. The Morgan fingerprint density at radius 3 is 2.54 bits per heavy atom. The van der Waals surface area contributed by atoms with E-state index in [0.29, 0.717) is 17.4 Å². The quantitative estimate of drug-likeness (QED) is 0.739. The van der Waals surface area contributed by atoms with Crippen LogP contribution in [0.2, 0.25) is 0 Å². The summed E-state index contributed by atoms with van der Waals surface area (Å²) in [6.07, 6.45) is 2.23.